The molecule has 0 bridgehead atoms. The van der Waals surface area contributed by atoms with Crippen LogP contribution < -0.4 is 5.32 Å². The van der Waals surface area contributed by atoms with Crippen molar-refractivity contribution in [3.05, 3.63) is 66.8 Å². The largest absolute Gasteiger partial charge is 0.352 e. The van der Waals surface area contributed by atoms with Gasteiger partial charge in [0, 0.05) is 12.5 Å². The van der Waals surface area contributed by atoms with Gasteiger partial charge in [-0.25, -0.2) is 0 Å². The summed E-state index contributed by atoms with van der Waals surface area (Å²) in [6, 6.07) is 8.11. The zero-order chi connectivity index (χ0) is 15.8. The predicted molar refractivity (Wildman–Crippen MR) is 90.7 cm³/mol. The van der Waals surface area contributed by atoms with Crippen molar-refractivity contribution in [1.82, 2.24) is 5.32 Å². The zero-order valence-corrected chi connectivity index (χ0v) is 13.2. The van der Waals surface area contributed by atoms with Crippen LogP contribution in [0.15, 0.2) is 55.7 Å². The van der Waals surface area contributed by atoms with Crippen LogP contribution in [0.4, 0.5) is 0 Å². The number of benzene rings is 1. The van der Waals surface area contributed by atoms with Gasteiger partial charge in [-0.2, -0.15) is 0 Å². The third kappa shape index (κ3) is 5.07. The number of carbonyl (C=O) groups is 1. The van der Waals surface area contributed by atoms with Crippen molar-refractivity contribution >= 4 is 11.5 Å². The van der Waals surface area contributed by atoms with Gasteiger partial charge in [0.05, 0.1) is 0 Å². The van der Waals surface area contributed by atoms with Gasteiger partial charge in [0.2, 0.25) is 5.91 Å². The van der Waals surface area contributed by atoms with E-state index in [1.165, 1.54) is 0 Å². The molecule has 0 radical (unpaired) electrons. The molecule has 0 fully saturated rings. The van der Waals surface area contributed by atoms with E-state index in [1.807, 2.05) is 43.3 Å². The Morgan fingerprint density at radius 3 is 2.29 bits per heavy atom. The van der Waals surface area contributed by atoms with Crippen LogP contribution in [0.2, 0.25) is 0 Å². The molecule has 0 saturated heterocycles. The van der Waals surface area contributed by atoms with Crippen LogP contribution in [0, 0.1) is 11.8 Å². The van der Waals surface area contributed by atoms with Crippen molar-refractivity contribution in [2.45, 2.75) is 27.3 Å². The van der Waals surface area contributed by atoms with Gasteiger partial charge in [-0.05, 0) is 22.6 Å². The molecule has 1 rings (SSSR count). The Morgan fingerprint density at radius 2 is 1.81 bits per heavy atom. The lowest BCUT2D eigenvalue weighted by Crippen LogP contribution is -2.31. The SMILES string of the molecule is C=C/C=C(\C=C)c1ccc(CNC(=O)C(C)C(C)C)cc1. The molecule has 2 heteroatoms. The first-order valence-corrected chi connectivity index (χ1v) is 7.31. The molecule has 21 heavy (non-hydrogen) atoms. The Morgan fingerprint density at radius 1 is 1.19 bits per heavy atom. The van der Waals surface area contributed by atoms with Crippen molar-refractivity contribution in [1.29, 1.82) is 0 Å². The lowest BCUT2D eigenvalue weighted by atomic mass is 9.97. The fourth-order valence-electron chi connectivity index (χ4n) is 1.88. The number of rotatable bonds is 7. The second kappa shape index (κ2) is 8.25. The first-order valence-electron chi connectivity index (χ1n) is 7.31. The molecule has 0 aliphatic rings. The Bertz CT molecular complexity index is 523. The van der Waals surface area contributed by atoms with Gasteiger partial charge >= 0.3 is 0 Å². The first-order chi connectivity index (χ1) is 9.99. The maximum absolute atomic E-state index is 11.9. The molecule has 1 aromatic rings. The van der Waals surface area contributed by atoms with Gasteiger partial charge in [0.25, 0.3) is 0 Å². The molecule has 112 valence electrons. The molecule has 1 N–H and O–H groups in total. The quantitative estimate of drug-likeness (QED) is 0.741. The van der Waals surface area contributed by atoms with Crippen LogP contribution in [0.1, 0.15) is 31.9 Å². The average Bonchev–Trinajstić information content (AvgIpc) is 2.50. The van der Waals surface area contributed by atoms with E-state index in [9.17, 15) is 4.79 Å². The van der Waals surface area contributed by atoms with Crippen LogP contribution in [-0.2, 0) is 11.3 Å². The molecule has 1 aromatic carbocycles. The molecule has 0 saturated carbocycles. The normalized spacial score (nSPS) is 12.9. The van der Waals surface area contributed by atoms with Crippen LogP contribution >= 0.6 is 0 Å². The minimum Gasteiger partial charge on any atom is -0.352 e. The number of hydrogen-bond donors (Lipinski definition) is 1. The highest BCUT2D eigenvalue weighted by Gasteiger charge is 2.15. The Balaban J connectivity index is 2.67. The van der Waals surface area contributed by atoms with E-state index in [0.29, 0.717) is 12.5 Å². The Kier molecular flexibility index (Phi) is 6.67. The molecular weight excluding hydrogens is 258 g/mol. The summed E-state index contributed by atoms with van der Waals surface area (Å²) in [5, 5.41) is 2.98. The second-order valence-corrected chi connectivity index (χ2v) is 5.51. The maximum Gasteiger partial charge on any atom is 0.223 e. The number of carbonyl (C=O) groups excluding carboxylic acids is 1. The van der Waals surface area contributed by atoms with Gasteiger partial charge in [0.15, 0.2) is 0 Å². The van der Waals surface area contributed by atoms with Gasteiger partial charge < -0.3 is 5.32 Å². The molecule has 2 nitrogen and oxygen atoms in total. The summed E-state index contributed by atoms with van der Waals surface area (Å²) >= 11 is 0. The van der Waals surface area contributed by atoms with Crippen LogP contribution in [0.25, 0.3) is 5.57 Å². The summed E-state index contributed by atoms with van der Waals surface area (Å²) < 4.78 is 0. The second-order valence-electron chi connectivity index (χ2n) is 5.51. The molecule has 0 spiro atoms. The van der Waals surface area contributed by atoms with Crippen molar-refractivity contribution in [2.24, 2.45) is 11.8 Å². The first kappa shape index (κ1) is 17.0. The number of allylic oxidation sites excluding steroid dienone is 4. The standard InChI is InChI=1S/C19H25NO/c1-6-8-17(7-2)18-11-9-16(10-12-18)13-20-19(21)15(5)14(3)4/h6-12,14-15H,1-2,13H2,3-5H3,(H,20,21)/b17-8+. The molecule has 0 aliphatic heterocycles. The highest BCUT2D eigenvalue weighted by molar-refractivity contribution is 5.78. The average molecular weight is 283 g/mol. The zero-order valence-electron chi connectivity index (χ0n) is 13.2. The highest BCUT2D eigenvalue weighted by atomic mass is 16.1. The molecule has 0 aliphatic carbocycles. The molecule has 1 unspecified atom stereocenters. The molecule has 1 atom stereocenters. The van der Waals surface area contributed by atoms with E-state index in [-0.39, 0.29) is 11.8 Å². The summed E-state index contributed by atoms with van der Waals surface area (Å²) in [5.74, 6) is 0.492. The van der Waals surface area contributed by atoms with Crippen molar-refractivity contribution in [3.8, 4) is 0 Å². The minimum absolute atomic E-state index is 0.0344. The molecule has 0 heterocycles. The van der Waals surface area contributed by atoms with Crippen molar-refractivity contribution in [2.75, 3.05) is 0 Å². The van der Waals surface area contributed by atoms with E-state index in [2.05, 4.69) is 32.3 Å². The van der Waals surface area contributed by atoms with Gasteiger partial charge in [0.1, 0.15) is 0 Å². The summed E-state index contributed by atoms with van der Waals surface area (Å²) in [4.78, 5) is 11.9. The lowest BCUT2D eigenvalue weighted by Gasteiger charge is -2.15. The maximum atomic E-state index is 11.9. The summed E-state index contributed by atoms with van der Waals surface area (Å²) in [7, 11) is 0. The fraction of sp³-hybridized carbons (Fsp3) is 0.316. The summed E-state index contributed by atoms with van der Waals surface area (Å²) in [6.07, 6.45) is 5.48. The fourth-order valence-corrected chi connectivity index (χ4v) is 1.88. The predicted octanol–water partition coefficient (Wildman–Crippen LogP) is 4.35. The third-order valence-electron chi connectivity index (χ3n) is 3.68. The van der Waals surface area contributed by atoms with E-state index in [4.69, 9.17) is 0 Å². The molecule has 1 amide bonds. The van der Waals surface area contributed by atoms with Crippen molar-refractivity contribution < 1.29 is 4.79 Å². The molecular formula is C19H25NO. The van der Waals surface area contributed by atoms with E-state index >= 15 is 0 Å². The van der Waals surface area contributed by atoms with Crippen LogP contribution in [0.5, 0.6) is 0 Å². The van der Waals surface area contributed by atoms with E-state index < -0.39 is 0 Å². The molecule has 0 aromatic heterocycles. The minimum atomic E-state index is 0.0344. The van der Waals surface area contributed by atoms with Gasteiger partial charge in [-0.3, -0.25) is 4.79 Å². The monoisotopic (exact) mass is 283 g/mol. The van der Waals surface area contributed by atoms with Crippen molar-refractivity contribution in [3.63, 3.8) is 0 Å². The van der Waals surface area contributed by atoms with Gasteiger partial charge in [-0.1, -0.05) is 76.4 Å². The van der Waals surface area contributed by atoms with E-state index in [0.717, 1.165) is 16.7 Å². The topological polar surface area (TPSA) is 29.1 Å². The Hall–Kier alpha value is -2.09. The number of amides is 1. The summed E-state index contributed by atoms with van der Waals surface area (Å²) in [5.41, 5.74) is 3.22. The van der Waals surface area contributed by atoms with Gasteiger partial charge in [-0.15, -0.1) is 0 Å². The highest BCUT2D eigenvalue weighted by Crippen LogP contribution is 2.16. The Labute approximate surface area is 128 Å². The third-order valence-corrected chi connectivity index (χ3v) is 3.68. The number of nitrogens with one attached hydrogen (secondary N) is 1. The van der Waals surface area contributed by atoms with Crippen LogP contribution in [0.3, 0.4) is 0 Å². The van der Waals surface area contributed by atoms with E-state index in [1.54, 1.807) is 6.08 Å². The smallest absolute Gasteiger partial charge is 0.223 e. The lowest BCUT2D eigenvalue weighted by molar-refractivity contribution is -0.125. The number of hydrogen-bond acceptors (Lipinski definition) is 1. The summed E-state index contributed by atoms with van der Waals surface area (Å²) in [6.45, 7) is 14.1. The van der Waals surface area contributed by atoms with Crippen LogP contribution in [-0.4, -0.2) is 5.91 Å².